The van der Waals surface area contributed by atoms with Gasteiger partial charge in [0, 0.05) is 19.1 Å². The molecule has 0 radical (unpaired) electrons. The van der Waals surface area contributed by atoms with Gasteiger partial charge in [-0.3, -0.25) is 0 Å². The number of hydrogen-bond donors (Lipinski definition) is 0. The number of rotatable bonds is 3. The van der Waals surface area contributed by atoms with E-state index in [1.807, 2.05) is 14.1 Å². The Kier molecular flexibility index (Phi) is 4.40. The van der Waals surface area contributed by atoms with Gasteiger partial charge in [-0.15, -0.1) is 11.3 Å². The molecule has 8 heteroatoms. The lowest BCUT2D eigenvalue weighted by molar-refractivity contribution is 0.302. The van der Waals surface area contributed by atoms with Crippen molar-refractivity contribution in [2.45, 2.75) is 16.7 Å². The van der Waals surface area contributed by atoms with Crippen LogP contribution in [0.25, 0.3) is 0 Å². The third-order valence-electron chi connectivity index (χ3n) is 3.07. The van der Waals surface area contributed by atoms with E-state index in [4.69, 9.17) is 11.6 Å². The molecule has 0 spiro atoms. The van der Waals surface area contributed by atoms with Crippen LogP contribution in [0.4, 0.5) is 0 Å². The fourth-order valence-electron chi connectivity index (χ4n) is 1.93. The third-order valence-corrected chi connectivity index (χ3v) is 7.86. The van der Waals surface area contributed by atoms with Crippen LogP contribution in [0.3, 0.4) is 0 Å². The number of hydrogen-bond acceptors (Lipinski definition) is 4. The van der Waals surface area contributed by atoms with Crippen LogP contribution in [0.2, 0.25) is 5.02 Å². The highest BCUT2D eigenvalue weighted by molar-refractivity contribution is 9.11. The zero-order valence-corrected chi connectivity index (χ0v) is 14.0. The summed E-state index contributed by atoms with van der Waals surface area (Å²) in [5.74, 6) is 0. The molecule has 1 aromatic rings. The van der Waals surface area contributed by atoms with E-state index >= 15 is 0 Å². The molecule has 1 unspecified atom stereocenters. The van der Waals surface area contributed by atoms with E-state index in [-0.39, 0.29) is 0 Å². The van der Waals surface area contributed by atoms with Crippen molar-refractivity contribution in [1.82, 2.24) is 9.21 Å². The Morgan fingerprint density at radius 2 is 2.22 bits per heavy atom. The molecule has 0 aliphatic carbocycles. The zero-order chi connectivity index (χ0) is 13.5. The van der Waals surface area contributed by atoms with Crippen LogP contribution in [-0.4, -0.2) is 50.8 Å². The number of likely N-dealkylation sites (N-methyl/N-ethyl adjacent to an activating group) is 1. The first-order valence-electron chi connectivity index (χ1n) is 5.44. The third kappa shape index (κ3) is 2.76. The summed E-state index contributed by atoms with van der Waals surface area (Å²) in [5, 5.41) is 0.446. The second-order valence-electron chi connectivity index (χ2n) is 4.46. The fraction of sp³-hybridized carbons (Fsp3) is 0.600. The molecule has 0 bridgehead atoms. The van der Waals surface area contributed by atoms with Crippen molar-refractivity contribution in [3.8, 4) is 0 Å². The highest BCUT2D eigenvalue weighted by Gasteiger charge is 2.34. The maximum atomic E-state index is 12.4. The van der Waals surface area contributed by atoms with Gasteiger partial charge in [0.15, 0.2) is 0 Å². The molecular weight excluding hydrogens is 360 g/mol. The van der Waals surface area contributed by atoms with Crippen LogP contribution in [0.5, 0.6) is 0 Å². The van der Waals surface area contributed by atoms with Gasteiger partial charge in [0.25, 0.3) is 10.0 Å². The molecule has 1 aromatic heterocycles. The van der Waals surface area contributed by atoms with Gasteiger partial charge in [-0.05, 0) is 42.5 Å². The molecule has 18 heavy (non-hydrogen) atoms. The summed E-state index contributed by atoms with van der Waals surface area (Å²) in [4.78, 5) is 2.06. The molecule has 2 heterocycles. The van der Waals surface area contributed by atoms with E-state index in [1.165, 1.54) is 10.4 Å². The minimum absolute atomic E-state index is 0.290. The molecule has 1 aliphatic heterocycles. The first kappa shape index (κ1) is 14.7. The second kappa shape index (κ2) is 5.38. The van der Waals surface area contributed by atoms with Crippen LogP contribution in [0, 0.1) is 0 Å². The summed E-state index contributed by atoms with van der Waals surface area (Å²) in [7, 11) is 0.547. The van der Waals surface area contributed by atoms with Crippen LogP contribution in [0.1, 0.15) is 6.42 Å². The molecule has 0 N–H and O–H groups in total. The summed E-state index contributed by atoms with van der Waals surface area (Å²) < 4.78 is 27.3. The van der Waals surface area contributed by atoms with Gasteiger partial charge in [-0.2, -0.15) is 4.31 Å². The van der Waals surface area contributed by atoms with E-state index in [0.29, 0.717) is 32.1 Å². The van der Waals surface area contributed by atoms with Crippen molar-refractivity contribution >= 4 is 48.9 Å². The lowest BCUT2D eigenvalue weighted by Crippen LogP contribution is -2.34. The Morgan fingerprint density at radius 1 is 1.56 bits per heavy atom. The van der Waals surface area contributed by atoms with Gasteiger partial charge in [0.1, 0.15) is 4.21 Å². The lowest BCUT2D eigenvalue weighted by Gasteiger charge is -2.19. The molecule has 0 amide bonds. The minimum atomic E-state index is -3.40. The summed E-state index contributed by atoms with van der Waals surface area (Å²) in [6, 6.07) is 1.80. The molecule has 2 rings (SSSR count). The first-order valence-corrected chi connectivity index (χ1v) is 8.86. The van der Waals surface area contributed by atoms with E-state index < -0.39 is 10.0 Å². The van der Waals surface area contributed by atoms with Crippen LogP contribution in [-0.2, 0) is 10.0 Å². The predicted molar refractivity (Wildman–Crippen MR) is 77.9 cm³/mol. The van der Waals surface area contributed by atoms with Crippen molar-refractivity contribution in [2.24, 2.45) is 0 Å². The number of nitrogens with zero attached hydrogens (tertiary/aromatic N) is 2. The molecular formula is C10H14BrClN2O2S2. The first-order chi connectivity index (χ1) is 8.32. The fourth-order valence-corrected chi connectivity index (χ4v) is 5.98. The Hall–Kier alpha value is 0.340. The van der Waals surface area contributed by atoms with Gasteiger partial charge in [0.2, 0.25) is 0 Å². The molecule has 1 saturated heterocycles. The normalized spacial score (nSPS) is 21.9. The molecule has 4 nitrogen and oxygen atoms in total. The van der Waals surface area contributed by atoms with Crippen LogP contribution < -0.4 is 0 Å². The summed E-state index contributed by atoms with van der Waals surface area (Å²) in [6.07, 6.45) is 0.868. The SMILES string of the molecule is CN(C)C1CCN(S(=O)(=O)c2cc(Cl)c(Br)s2)C1. The van der Waals surface area contributed by atoms with Crippen molar-refractivity contribution in [3.63, 3.8) is 0 Å². The van der Waals surface area contributed by atoms with E-state index in [9.17, 15) is 8.42 Å². The molecule has 1 atom stereocenters. The van der Waals surface area contributed by atoms with Crippen molar-refractivity contribution in [2.75, 3.05) is 27.2 Å². The van der Waals surface area contributed by atoms with Crippen molar-refractivity contribution in [3.05, 3.63) is 14.9 Å². The lowest BCUT2D eigenvalue weighted by atomic mass is 10.2. The number of halogens is 2. The Balaban J connectivity index is 2.23. The molecule has 0 saturated carbocycles. The number of sulfonamides is 1. The predicted octanol–water partition coefficient (Wildman–Crippen LogP) is 2.49. The van der Waals surface area contributed by atoms with Crippen LogP contribution in [0.15, 0.2) is 14.1 Å². The Labute approximate surface area is 125 Å². The molecule has 0 aromatic carbocycles. The highest BCUT2D eigenvalue weighted by Crippen LogP contribution is 2.36. The van der Waals surface area contributed by atoms with Gasteiger partial charge >= 0.3 is 0 Å². The van der Waals surface area contributed by atoms with E-state index in [2.05, 4.69) is 20.8 Å². The van der Waals surface area contributed by atoms with Gasteiger partial charge in [-0.1, -0.05) is 11.6 Å². The maximum absolute atomic E-state index is 12.4. The number of thiophene rings is 1. The smallest absolute Gasteiger partial charge is 0.252 e. The van der Waals surface area contributed by atoms with Crippen LogP contribution >= 0.6 is 38.9 Å². The quantitative estimate of drug-likeness (QED) is 0.817. The van der Waals surface area contributed by atoms with E-state index in [1.54, 1.807) is 0 Å². The zero-order valence-electron chi connectivity index (χ0n) is 10.1. The van der Waals surface area contributed by atoms with Gasteiger partial charge in [-0.25, -0.2) is 8.42 Å². The molecule has 1 fully saturated rings. The minimum Gasteiger partial charge on any atom is -0.305 e. The Morgan fingerprint density at radius 3 is 2.67 bits per heavy atom. The standard InChI is InChI=1S/C10H14BrClN2O2S2/c1-13(2)7-3-4-14(6-7)18(15,16)9-5-8(12)10(11)17-9/h5,7H,3-4,6H2,1-2H3. The average Bonchev–Trinajstić information content (AvgIpc) is 2.87. The second-order valence-corrected chi connectivity index (χ2v) is 9.40. The van der Waals surface area contributed by atoms with Gasteiger partial charge in [0.05, 0.1) is 8.81 Å². The highest BCUT2D eigenvalue weighted by atomic mass is 79.9. The monoisotopic (exact) mass is 372 g/mol. The molecule has 1 aliphatic rings. The van der Waals surface area contributed by atoms with E-state index in [0.717, 1.165) is 17.8 Å². The Bertz CT molecular complexity index is 525. The van der Waals surface area contributed by atoms with Crippen molar-refractivity contribution < 1.29 is 8.42 Å². The average molecular weight is 374 g/mol. The summed E-state index contributed by atoms with van der Waals surface area (Å²) >= 11 is 10.3. The topological polar surface area (TPSA) is 40.6 Å². The van der Waals surface area contributed by atoms with Gasteiger partial charge < -0.3 is 4.90 Å². The maximum Gasteiger partial charge on any atom is 0.252 e. The largest absolute Gasteiger partial charge is 0.305 e. The summed E-state index contributed by atoms with van der Waals surface area (Å²) in [6.45, 7) is 1.11. The summed E-state index contributed by atoms with van der Waals surface area (Å²) in [5.41, 5.74) is 0. The molecule has 102 valence electrons. The van der Waals surface area contributed by atoms with Crippen molar-refractivity contribution in [1.29, 1.82) is 0 Å².